The van der Waals surface area contributed by atoms with Gasteiger partial charge in [0.15, 0.2) is 23.3 Å². The molecule has 31 nitrogen and oxygen atoms in total. The zero-order valence-corrected chi connectivity index (χ0v) is 69.0. The summed E-state index contributed by atoms with van der Waals surface area (Å²) in [6, 6.07) is 50.0. The van der Waals surface area contributed by atoms with E-state index in [9.17, 15) is 4.79 Å². The Kier molecular flexibility index (Phi) is 24.6. The first kappa shape index (κ1) is 86.8. The van der Waals surface area contributed by atoms with E-state index in [0.717, 1.165) is 194 Å². The third-order valence-electron chi connectivity index (χ3n) is 22.1. The number of aromatic nitrogens is 28. The van der Waals surface area contributed by atoms with Crippen molar-refractivity contribution < 1.29 is 4.79 Å². The van der Waals surface area contributed by atoms with Crippen molar-refractivity contribution in [2.24, 2.45) is 5.92 Å². The second kappa shape index (κ2) is 37.7. The number of hydrogen-bond acceptors (Lipinski definition) is 22. The summed E-state index contributed by atoms with van der Waals surface area (Å²) in [5, 5.41) is 37.4. The van der Waals surface area contributed by atoms with E-state index in [4.69, 9.17) is 25.7 Å². The highest BCUT2D eigenvalue weighted by Gasteiger charge is 2.23. The number of rotatable bonds is 15. The van der Waals surface area contributed by atoms with Crippen LogP contribution in [0.3, 0.4) is 0 Å². The van der Waals surface area contributed by atoms with Gasteiger partial charge < -0.3 is 31.0 Å². The van der Waals surface area contributed by atoms with E-state index in [-0.39, 0.29) is 41.5 Å². The number of nitrogens with two attached hydrogens (primary N) is 1. The number of carbonyl (C=O) groups is 1. The predicted octanol–water partition coefficient (Wildman–Crippen LogP) is 21.9. The van der Waals surface area contributed by atoms with Crippen LogP contribution in [0, 0.1) is 12.8 Å². The van der Waals surface area contributed by atoms with Crippen molar-refractivity contribution in [1.29, 1.82) is 0 Å². The third-order valence-corrected chi connectivity index (χ3v) is 22.1. The number of fused-ring (bicyclic) bond motifs is 8. The zero-order valence-electron chi connectivity index (χ0n) is 69.0. The molecular formula is C102H88N30O. The smallest absolute Gasteiger partial charge is 0.224 e. The first-order valence-corrected chi connectivity index (χ1v) is 41.1. The lowest BCUT2D eigenvalue weighted by molar-refractivity contribution is -0.116. The molecule has 133 heavy (non-hydrogen) atoms. The van der Waals surface area contributed by atoms with E-state index >= 15 is 0 Å². The molecule has 31 heteroatoms. The number of aromatic amines is 8. The molecule has 20 aromatic heterocycles. The van der Waals surface area contributed by atoms with E-state index < -0.39 is 0 Å². The third kappa shape index (κ3) is 17.5. The molecule has 4 aromatic carbocycles. The van der Waals surface area contributed by atoms with Gasteiger partial charge in [-0.25, -0.2) is 19.9 Å². The highest BCUT2D eigenvalue weighted by Crippen LogP contribution is 2.40. The van der Waals surface area contributed by atoms with Crippen molar-refractivity contribution in [3.05, 3.63) is 306 Å². The molecule has 0 atom stereocenters. The average Bonchev–Trinajstić information content (AvgIpc) is 1.63. The minimum Gasteiger partial charge on any atom is -0.397 e. The van der Waals surface area contributed by atoms with Gasteiger partial charge in [0.2, 0.25) is 5.91 Å². The van der Waals surface area contributed by atoms with Gasteiger partial charge in [-0.2, -0.15) is 20.4 Å². The molecule has 0 aliphatic rings. The van der Waals surface area contributed by atoms with Gasteiger partial charge in [-0.3, -0.25) is 85.0 Å². The largest absolute Gasteiger partial charge is 0.397 e. The second-order valence-corrected chi connectivity index (χ2v) is 31.0. The molecule has 1 amide bonds. The number of anilines is 2. The Labute approximate surface area is 760 Å². The monoisotopic (exact) mass is 1750 g/mol. The number of benzene rings is 4. The van der Waals surface area contributed by atoms with Gasteiger partial charge in [0.05, 0.1) is 109 Å². The van der Waals surface area contributed by atoms with Gasteiger partial charge in [-0.05, 0) is 184 Å². The Morgan fingerprint density at radius 1 is 0.301 bits per heavy atom. The molecule has 24 aromatic rings. The minimum atomic E-state index is -0.0213. The maximum Gasteiger partial charge on any atom is 0.224 e. The van der Waals surface area contributed by atoms with Crippen LogP contribution in [0.2, 0.25) is 0 Å². The van der Waals surface area contributed by atoms with Crippen LogP contribution in [0.1, 0.15) is 55.5 Å². The molecule has 0 aliphatic carbocycles. The number of aryl methyl sites for hydroxylation is 1. The van der Waals surface area contributed by atoms with Gasteiger partial charge in [0.1, 0.15) is 22.8 Å². The van der Waals surface area contributed by atoms with Crippen LogP contribution in [-0.2, 0) is 4.79 Å². The summed E-state index contributed by atoms with van der Waals surface area (Å²) in [6.07, 6.45) is 43.2. The fourth-order valence-corrected chi connectivity index (χ4v) is 15.8. The number of amides is 1. The Hall–Kier alpha value is -18.3. The quantitative estimate of drug-likeness (QED) is 0.0456. The fraction of sp³-hybridized carbons (Fsp3) is 0.0882. The molecule has 11 N–H and O–H groups in total. The summed E-state index contributed by atoms with van der Waals surface area (Å²) in [7, 11) is 0. The summed E-state index contributed by atoms with van der Waals surface area (Å²) < 4.78 is 0. The first-order chi connectivity index (χ1) is 63.4. The fourth-order valence-electron chi connectivity index (χ4n) is 15.8. The van der Waals surface area contributed by atoms with E-state index in [1.807, 2.05) is 172 Å². The Balaban J connectivity index is 0.000000123. The van der Waals surface area contributed by atoms with Crippen molar-refractivity contribution in [1.82, 2.24) is 140 Å². The van der Waals surface area contributed by atoms with E-state index in [2.05, 4.69) is 169 Å². The van der Waals surface area contributed by atoms with Crippen molar-refractivity contribution in [3.8, 4) is 135 Å². The van der Waals surface area contributed by atoms with Crippen LogP contribution in [0.25, 0.3) is 223 Å². The molecule has 0 unspecified atom stereocenters. The average molecular weight is 1750 g/mol. The van der Waals surface area contributed by atoms with E-state index in [1.54, 1.807) is 105 Å². The summed E-state index contributed by atoms with van der Waals surface area (Å²) in [6.45, 7) is 6.12. The number of H-pyrrole nitrogens is 8. The lowest BCUT2D eigenvalue weighted by Gasteiger charge is -2.09. The van der Waals surface area contributed by atoms with Crippen molar-refractivity contribution in [2.75, 3.05) is 11.1 Å². The van der Waals surface area contributed by atoms with Crippen LogP contribution >= 0.6 is 0 Å². The SMILES string of the molecule is C.C.C.C.CC(C)CC(=O)Nc1cncc(-c2ccc3[nH]nc(-c4nc5c(-c6ccncc6)cncc5[nH]4)c3c2)c1.Cc1ccncc1-c1ccc2[nH]nc(-c3nc4c(-c5ccncc5)cncc4[nH]3)c2c1.Nc1cncc(-c2ccc3[nH]nc(-c4nc5c(-c6ccncc6)cncc5[nH]4)c3c2)c1.c1cncc(-c2ccc3[nH]nc(-c4nc5c(-c6ccncc6)cncc5[nH]4)c3c2)c1. The highest BCUT2D eigenvalue weighted by atomic mass is 16.1. The first-order valence-electron chi connectivity index (χ1n) is 41.1. The second-order valence-electron chi connectivity index (χ2n) is 31.0. The molecule has 20 heterocycles. The number of hydrogen-bond donors (Lipinski definition) is 10. The molecule has 0 saturated carbocycles. The lowest BCUT2D eigenvalue weighted by Crippen LogP contribution is -2.13. The topological polar surface area (TPSA) is 439 Å². The molecule has 0 spiro atoms. The van der Waals surface area contributed by atoms with Crippen LogP contribution in [0.5, 0.6) is 0 Å². The summed E-state index contributed by atoms with van der Waals surface area (Å²) in [5.74, 6) is 2.98. The molecule has 0 radical (unpaired) electrons. The summed E-state index contributed by atoms with van der Waals surface area (Å²) in [4.78, 5) is 96.2. The van der Waals surface area contributed by atoms with Gasteiger partial charge in [0, 0.05) is 190 Å². The van der Waals surface area contributed by atoms with Crippen LogP contribution in [-0.4, -0.2) is 146 Å². The number of nitrogens with one attached hydrogen (secondary N) is 9. The number of pyridine rings is 12. The standard InChI is InChI=1S/C28H24N8O.C24H17N7.C23H16N8.C23H15N7.4CH4/c1-16(2)9-25(37)32-20-10-19(12-30-13-20)18-3-4-23-21(11-18)27(36-35-23)28-33-24-15-31-14-22(26(24)34-28)17-5-7-29-8-6-17;1-14-4-7-26-11-18(14)16-2-3-20-17(10-16)23(31-30-20)24-28-21-13-27-12-19(22(21)29-24)15-5-8-25-9-6-15;24-16-7-15(9-26-10-16)14-1-2-19-17(8-14)22(31-30-19)23-28-20-12-27-11-18(21(20)29-23)13-3-5-25-6-4-13;1-2-16(11-25-7-1)15-3-4-19-17(10-15)22(30-29-19)23-27-20-13-26-12-18(21(20)28-23)14-5-8-24-9-6-14;;;;/h3-8,10-16H,9H2,1-2H3,(H,32,37)(H,33,34)(H,35,36);2-13H,1H3,(H,28,29)(H,30,31);1-12H,24H2,(H,28,29)(H,30,31);1-13H,(H,27,28)(H,29,30);4*1H4. The van der Waals surface area contributed by atoms with Gasteiger partial charge in [-0.1, -0.05) is 73.9 Å². The highest BCUT2D eigenvalue weighted by molar-refractivity contribution is 6.04. The molecular weight excluding hydrogens is 1660 g/mol. The maximum atomic E-state index is 12.2. The van der Waals surface area contributed by atoms with Crippen LogP contribution in [0.15, 0.2) is 300 Å². The van der Waals surface area contributed by atoms with Crippen LogP contribution in [0.4, 0.5) is 11.4 Å². The van der Waals surface area contributed by atoms with E-state index in [1.165, 1.54) is 5.56 Å². The summed E-state index contributed by atoms with van der Waals surface area (Å²) >= 11 is 0. The number of nitrogens with zero attached hydrogens (tertiary/aromatic N) is 20. The Morgan fingerprint density at radius 2 is 0.624 bits per heavy atom. The number of imidazole rings is 4. The maximum absolute atomic E-state index is 12.2. The Bertz CT molecular complexity index is 8250. The van der Waals surface area contributed by atoms with Gasteiger partial charge >= 0.3 is 0 Å². The number of carbonyl (C=O) groups excluding carboxylic acids is 1. The van der Waals surface area contributed by atoms with Crippen molar-refractivity contribution >= 4 is 105 Å². The zero-order chi connectivity index (χ0) is 86.8. The van der Waals surface area contributed by atoms with Crippen molar-refractivity contribution in [2.45, 2.75) is 56.9 Å². The molecule has 0 fully saturated rings. The van der Waals surface area contributed by atoms with E-state index in [0.29, 0.717) is 46.8 Å². The van der Waals surface area contributed by atoms with Gasteiger partial charge in [-0.15, -0.1) is 0 Å². The number of nitrogen functional groups attached to an aromatic ring is 1. The molecule has 652 valence electrons. The molecule has 0 bridgehead atoms. The molecule has 0 saturated heterocycles. The van der Waals surface area contributed by atoms with Crippen molar-refractivity contribution in [3.63, 3.8) is 0 Å². The normalized spacial score (nSPS) is 11.0. The summed E-state index contributed by atoms with van der Waals surface area (Å²) in [5.41, 5.74) is 37.8. The molecule has 24 rings (SSSR count). The Morgan fingerprint density at radius 3 is 0.985 bits per heavy atom. The van der Waals surface area contributed by atoms with Gasteiger partial charge in [0.25, 0.3) is 0 Å². The predicted molar refractivity (Wildman–Crippen MR) is 526 cm³/mol. The minimum absolute atomic E-state index is 0. The molecule has 0 aliphatic heterocycles. The lowest BCUT2D eigenvalue weighted by atomic mass is 10.0. The van der Waals surface area contributed by atoms with Crippen LogP contribution < -0.4 is 11.1 Å².